The minimum Gasteiger partial charge on any atom is -0.314 e. The van der Waals surface area contributed by atoms with Gasteiger partial charge in [0.2, 0.25) is 0 Å². The zero-order valence-electron chi connectivity index (χ0n) is 10.5. The van der Waals surface area contributed by atoms with Crippen LogP contribution in [0.4, 0.5) is 0 Å². The molecule has 3 heterocycles. The van der Waals surface area contributed by atoms with Crippen LogP contribution in [-0.4, -0.2) is 31.8 Å². The van der Waals surface area contributed by atoms with Crippen LogP contribution < -0.4 is 5.32 Å². The highest BCUT2D eigenvalue weighted by Crippen LogP contribution is 2.28. The molecule has 3 rings (SSSR count). The van der Waals surface area contributed by atoms with Crippen molar-refractivity contribution >= 4 is 11.8 Å². The Balaban J connectivity index is 1.71. The van der Waals surface area contributed by atoms with Gasteiger partial charge in [-0.1, -0.05) is 6.92 Å². The number of thioether (sulfide) groups is 1. The number of nitrogens with one attached hydrogen (secondary N) is 1. The summed E-state index contributed by atoms with van der Waals surface area (Å²) in [6.45, 7) is 5.63. The summed E-state index contributed by atoms with van der Waals surface area (Å²) >= 11 is 2.06. The van der Waals surface area contributed by atoms with E-state index in [4.69, 9.17) is 0 Å². The molecule has 5 heteroatoms. The van der Waals surface area contributed by atoms with Crippen molar-refractivity contribution in [2.45, 2.75) is 57.0 Å². The van der Waals surface area contributed by atoms with E-state index < -0.39 is 0 Å². The number of fused-ring (bicyclic) bond motifs is 1. The first-order valence-electron chi connectivity index (χ1n) is 6.55. The summed E-state index contributed by atoms with van der Waals surface area (Å²) < 4.78 is 2.30. The molecule has 1 fully saturated rings. The van der Waals surface area contributed by atoms with Gasteiger partial charge in [-0.15, -0.1) is 10.2 Å². The highest BCUT2D eigenvalue weighted by Gasteiger charge is 2.28. The van der Waals surface area contributed by atoms with E-state index in [9.17, 15) is 0 Å². The second kappa shape index (κ2) is 4.61. The maximum absolute atomic E-state index is 4.35. The number of aryl methyl sites for hydroxylation is 1. The van der Waals surface area contributed by atoms with E-state index in [2.05, 4.69) is 45.7 Å². The van der Waals surface area contributed by atoms with Crippen LogP contribution in [0.5, 0.6) is 0 Å². The molecular formula is C12H20N4S. The summed E-state index contributed by atoms with van der Waals surface area (Å²) in [5.74, 6) is 3.58. The van der Waals surface area contributed by atoms with Gasteiger partial charge in [0.25, 0.3) is 0 Å². The van der Waals surface area contributed by atoms with E-state index in [1.54, 1.807) is 0 Å². The van der Waals surface area contributed by atoms with E-state index >= 15 is 0 Å². The Morgan fingerprint density at radius 2 is 2.35 bits per heavy atom. The van der Waals surface area contributed by atoms with Crippen LogP contribution in [0.25, 0.3) is 0 Å². The Bertz CT molecular complexity index is 403. The number of nitrogens with zero attached hydrogens (tertiary/aromatic N) is 3. The van der Waals surface area contributed by atoms with Gasteiger partial charge in [0.15, 0.2) is 0 Å². The van der Waals surface area contributed by atoms with Crippen molar-refractivity contribution in [3.63, 3.8) is 0 Å². The molecule has 0 saturated carbocycles. The smallest absolute Gasteiger partial charge is 0.149 e. The van der Waals surface area contributed by atoms with Crippen LogP contribution in [0.2, 0.25) is 0 Å². The second-order valence-corrected chi connectivity index (χ2v) is 6.57. The van der Waals surface area contributed by atoms with Crippen LogP contribution in [0.15, 0.2) is 0 Å². The summed E-state index contributed by atoms with van der Waals surface area (Å²) in [7, 11) is 0. The molecule has 1 saturated heterocycles. The fourth-order valence-electron chi connectivity index (χ4n) is 2.84. The Kier molecular flexibility index (Phi) is 3.13. The molecule has 1 aromatic heterocycles. The summed E-state index contributed by atoms with van der Waals surface area (Å²) in [5.41, 5.74) is 0. The lowest BCUT2D eigenvalue weighted by Gasteiger charge is -2.21. The van der Waals surface area contributed by atoms with Crippen molar-refractivity contribution in [1.29, 1.82) is 0 Å². The molecule has 2 aliphatic heterocycles. The third kappa shape index (κ3) is 2.10. The van der Waals surface area contributed by atoms with Gasteiger partial charge in [0, 0.05) is 24.3 Å². The number of aromatic nitrogens is 3. The van der Waals surface area contributed by atoms with Gasteiger partial charge in [-0.05, 0) is 25.5 Å². The Labute approximate surface area is 107 Å². The molecule has 94 valence electrons. The lowest BCUT2D eigenvalue weighted by atomic mass is 10.1. The van der Waals surface area contributed by atoms with Crippen molar-refractivity contribution < 1.29 is 0 Å². The molecule has 0 aliphatic carbocycles. The zero-order valence-corrected chi connectivity index (χ0v) is 11.3. The van der Waals surface area contributed by atoms with Gasteiger partial charge in [-0.3, -0.25) is 0 Å². The highest BCUT2D eigenvalue weighted by atomic mass is 32.2. The molecular weight excluding hydrogens is 232 g/mol. The molecule has 1 aromatic rings. The molecule has 4 nitrogen and oxygen atoms in total. The lowest BCUT2D eigenvalue weighted by molar-refractivity contribution is 0.429. The van der Waals surface area contributed by atoms with E-state index in [1.165, 1.54) is 24.4 Å². The fourth-order valence-corrected chi connectivity index (χ4v) is 4.05. The van der Waals surface area contributed by atoms with Gasteiger partial charge in [0.05, 0.1) is 6.04 Å². The van der Waals surface area contributed by atoms with Crippen molar-refractivity contribution in [1.82, 2.24) is 20.1 Å². The Morgan fingerprint density at radius 1 is 1.47 bits per heavy atom. The number of hydrogen-bond donors (Lipinski definition) is 1. The minimum atomic E-state index is 0.320. The van der Waals surface area contributed by atoms with Crippen molar-refractivity contribution in [2.75, 3.05) is 5.75 Å². The first-order chi connectivity index (χ1) is 8.25. The van der Waals surface area contributed by atoms with Gasteiger partial charge in [0.1, 0.15) is 11.6 Å². The highest BCUT2D eigenvalue weighted by molar-refractivity contribution is 8.00. The van der Waals surface area contributed by atoms with E-state index in [0.717, 1.165) is 24.0 Å². The Morgan fingerprint density at radius 3 is 3.12 bits per heavy atom. The summed E-state index contributed by atoms with van der Waals surface area (Å²) in [6.07, 6.45) is 3.59. The normalized spacial score (nSPS) is 29.5. The van der Waals surface area contributed by atoms with Crippen molar-refractivity contribution in [3.8, 4) is 0 Å². The van der Waals surface area contributed by atoms with Crippen molar-refractivity contribution in [3.05, 3.63) is 11.6 Å². The first-order valence-corrected chi connectivity index (χ1v) is 7.60. The first kappa shape index (κ1) is 11.5. The van der Waals surface area contributed by atoms with E-state index in [0.29, 0.717) is 12.1 Å². The quantitative estimate of drug-likeness (QED) is 0.890. The molecule has 0 radical (unpaired) electrons. The molecule has 17 heavy (non-hydrogen) atoms. The summed E-state index contributed by atoms with van der Waals surface area (Å²) in [6, 6.07) is 0.949. The molecule has 2 aliphatic rings. The fraction of sp³-hybridized carbons (Fsp3) is 0.833. The molecule has 3 atom stereocenters. The molecule has 0 bridgehead atoms. The number of hydrogen-bond acceptors (Lipinski definition) is 4. The van der Waals surface area contributed by atoms with Gasteiger partial charge in [-0.2, -0.15) is 11.8 Å². The predicted molar refractivity (Wildman–Crippen MR) is 70.2 cm³/mol. The topological polar surface area (TPSA) is 42.7 Å². The molecule has 1 N–H and O–H groups in total. The Hall–Kier alpha value is -0.550. The van der Waals surface area contributed by atoms with E-state index in [1.807, 2.05) is 0 Å². The predicted octanol–water partition coefficient (Wildman–Crippen LogP) is 1.77. The lowest BCUT2D eigenvalue weighted by Crippen LogP contribution is -2.36. The maximum Gasteiger partial charge on any atom is 0.149 e. The number of rotatable bonds is 3. The molecule has 0 aromatic carbocycles. The third-order valence-electron chi connectivity index (χ3n) is 3.87. The van der Waals surface area contributed by atoms with Gasteiger partial charge in [-0.25, -0.2) is 0 Å². The third-order valence-corrected chi connectivity index (χ3v) is 5.19. The standard InChI is InChI=1S/C12H20N4S/c1-8(13-10-5-7-17-9(10)2)12-15-14-11-4-3-6-16(11)12/h8-10,13H,3-7H2,1-2H3. The maximum atomic E-state index is 4.35. The molecule has 0 amide bonds. The van der Waals surface area contributed by atoms with Crippen LogP contribution in [-0.2, 0) is 13.0 Å². The van der Waals surface area contributed by atoms with E-state index in [-0.39, 0.29) is 0 Å². The average molecular weight is 252 g/mol. The SMILES string of the molecule is CC(NC1CCSC1C)c1nnc2n1CCC2. The second-order valence-electron chi connectivity index (χ2n) is 5.09. The van der Waals surface area contributed by atoms with Crippen LogP contribution in [0.1, 0.15) is 44.4 Å². The molecule has 3 unspecified atom stereocenters. The zero-order chi connectivity index (χ0) is 11.8. The van der Waals surface area contributed by atoms with Crippen LogP contribution in [0.3, 0.4) is 0 Å². The summed E-state index contributed by atoms with van der Waals surface area (Å²) in [5, 5.41) is 13.1. The molecule has 0 spiro atoms. The van der Waals surface area contributed by atoms with Crippen LogP contribution >= 0.6 is 11.8 Å². The summed E-state index contributed by atoms with van der Waals surface area (Å²) in [4.78, 5) is 0. The average Bonchev–Trinajstić information content (AvgIpc) is 2.94. The largest absolute Gasteiger partial charge is 0.314 e. The minimum absolute atomic E-state index is 0.320. The van der Waals surface area contributed by atoms with Gasteiger partial charge < -0.3 is 9.88 Å². The monoisotopic (exact) mass is 252 g/mol. The van der Waals surface area contributed by atoms with Gasteiger partial charge >= 0.3 is 0 Å². The van der Waals surface area contributed by atoms with Crippen molar-refractivity contribution in [2.24, 2.45) is 0 Å². The van der Waals surface area contributed by atoms with Crippen LogP contribution in [0, 0.1) is 0 Å².